The zero-order chi connectivity index (χ0) is 11.4. The van der Waals surface area contributed by atoms with Crippen molar-refractivity contribution in [2.45, 2.75) is 26.3 Å². The van der Waals surface area contributed by atoms with Gasteiger partial charge in [-0.15, -0.1) is 0 Å². The zero-order valence-corrected chi connectivity index (χ0v) is 9.30. The molecule has 1 amide bonds. The Morgan fingerprint density at radius 3 is 2.73 bits per heavy atom. The first-order valence-electron chi connectivity index (χ1n) is 4.51. The van der Waals surface area contributed by atoms with Crippen molar-refractivity contribution in [1.82, 2.24) is 9.69 Å². The van der Waals surface area contributed by atoms with Crippen molar-refractivity contribution in [3.8, 4) is 0 Å². The van der Waals surface area contributed by atoms with E-state index in [1.165, 1.54) is 11.5 Å². The van der Waals surface area contributed by atoms with E-state index >= 15 is 0 Å². The van der Waals surface area contributed by atoms with Gasteiger partial charge >= 0.3 is 5.97 Å². The lowest BCUT2D eigenvalue weighted by atomic mass is 10.2. The van der Waals surface area contributed by atoms with E-state index in [0.29, 0.717) is 17.7 Å². The number of amides is 1. The van der Waals surface area contributed by atoms with Crippen molar-refractivity contribution in [3.05, 3.63) is 16.6 Å². The van der Waals surface area contributed by atoms with Crippen molar-refractivity contribution >= 4 is 23.4 Å². The Kier molecular flexibility index (Phi) is 3.79. The summed E-state index contributed by atoms with van der Waals surface area (Å²) in [5, 5.41) is 12.8. The highest BCUT2D eigenvalue weighted by Gasteiger charge is 2.20. The van der Waals surface area contributed by atoms with Crippen LogP contribution in [0.4, 0.5) is 0 Å². The van der Waals surface area contributed by atoms with E-state index in [-0.39, 0.29) is 5.91 Å². The summed E-state index contributed by atoms with van der Waals surface area (Å²) in [5.74, 6) is -1.40. The lowest BCUT2D eigenvalue weighted by molar-refractivity contribution is -0.139. The van der Waals surface area contributed by atoms with Gasteiger partial charge in [-0.1, -0.05) is 6.92 Å². The molecule has 1 aromatic rings. The molecular formula is C9H12N2O3S. The number of carbonyl (C=O) groups is 2. The topological polar surface area (TPSA) is 79.3 Å². The van der Waals surface area contributed by atoms with Gasteiger partial charge in [0.05, 0.1) is 11.3 Å². The Labute approximate surface area is 91.3 Å². The summed E-state index contributed by atoms with van der Waals surface area (Å²) in [6, 6.07) is -0.836. The van der Waals surface area contributed by atoms with Crippen LogP contribution in [-0.2, 0) is 4.79 Å². The van der Waals surface area contributed by atoms with E-state index in [1.807, 2.05) is 0 Å². The molecule has 15 heavy (non-hydrogen) atoms. The fourth-order valence-corrected chi connectivity index (χ4v) is 1.78. The molecule has 0 bridgehead atoms. The quantitative estimate of drug-likeness (QED) is 0.807. The van der Waals surface area contributed by atoms with Crippen LogP contribution in [0.2, 0.25) is 0 Å². The fraction of sp³-hybridized carbons (Fsp3) is 0.444. The Bertz CT molecular complexity index is 375. The number of nitrogens with one attached hydrogen (secondary N) is 1. The Balaban J connectivity index is 2.71. The molecule has 2 N–H and O–H groups in total. The number of rotatable bonds is 4. The van der Waals surface area contributed by atoms with Gasteiger partial charge in [0.15, 0.2) is 0 Å². The number of carboxylic acids is 1. The Morgan fingerprint density at radius 1 is 1.67 bits per heavy atom. The zero-order valence-electron chi connectivity index (χ0n) is 8.48. The van der Waals surface area contributed by atoms with Crippen LogP contribution >= 0.6 is 11.5 Å². The molecule has 0 fully saturated rings. The summed E-state index contributed by atoms with van der Waals surface area (Å²) < 4.78 is 3.95. The monoisotopic (exact) mass is 228 g/mol. The maximum Gasteiger partial charge on any atom is 0.326 e. The summed E-state index contributed by atoms with van der Waals surface area (Å²) in [5.41, 5.74) is 1.07. The van der Waals surface area contributed by atoms with Crippen LogP contribution in [0.25, 0.3) is 0 Å². The number of aromatic nitrogens is 1. The van der Waals surface area contributed by atoms with Crippen molar-refractivity contribution in [2.24, 2.45) is 0 Å². The van der Waals surface area contributed by atoms with Crippen LogP contribution in [0.15, 0.2) is 5.38 Å². The van der Waals surface area contributed by atoms with Crippen molar-refractivity contribution < 1.29 is 14.7 Å². The molecule has 5 nitrogen and oxygen atoms in total. The number of nitrogens with zero attached hydrogens (tertiary/aromatic N) is 1. The Hall–Kier alpha value is -1.43. The van der Waals surface area contributed by atoms with Gasteiger partial charge < -0.3 is 10.4 Å². The summed E-state index contributed by atoms with van der Waals surface area (Å²) >= 11 is 1.18. The molecule has 6 heteroatoms. The molecule has 1 atom stereocenters. The lowest BCUT2D eigenvalue weighted by Crippen LogP contribution is -2.40. The summed E-state index contributed by atoms with van der Waals surface area (Å²) in [6.07, 6.45) is 0.359. The van der Waals surface area contributed by atoms with Gasteiger partial charge in [0.2, 0.25) is 0 Å². The van der Waals surface area contributed by atoms with Crippen molar-refractivity contribution in [1.29, 1.82) is 0 Å². The van der Waals surface area contributed by atoms with Crippen LogP contribution in [-0.4, -0.2) is 27.4 Å². The average Bonchev–Trinajstić information content (AvgIpc) is 2.60. The number of aryl methyl sites for hydroxylation is 1. The normalized spacial score (nSPS) is 12.1. The lowest BCUT2D eigenvalue weighted by Gasteiger charge is -2.11. The van der Waals surface area contributed by atoms with Gasteiger partial charge in [-0.3, -0.25) is 4.79 Å². The number of hydrogen-bond acceptors (Lipinski definition) is 4. The molecule has 0 saturated carbocycles. The molecule has 1 heterocycles. The molecule has 1 rings (SSSR count). The first-order valence-corrected chi connectivity index (χ1v) is 5.34. The molecule has 0 aromatic carbocycles. The largest absolute Gasteiger partial charge is 0.480 e. The molecule has 0 aliphatic heterocycles. The molecular weight excluding hydrogens is 216 g/mol. The van der Waals surface area contributed by atoms with E-state index < -0.39 is 12.0 Å². The smallest absolute Gasteiger partial charge is 0.326 e. The average molecular weight is 228 g/mol. The Morgan fingerprint density at radius 2 is 2.33 bits per heavy atom. The molecule has 82 valence electrons. The van der Waals surface area contributed by atoms with Gasteiger partial charge in [0.25, 0.3) is 5.91 Å². The minimum Gasteiger partial charge on any atom is -0.480 e. The van der Waals surface area contributed by atoms with E-state index in [1.54, 1.807) is 19.2 Å². The van der Waals surface area contributed by atoms with Crippen LogP contribution in [0, 0.1) is 6.92 Å². The third-order valence-corrected chi connectivity index (χ3v) is 2.73. The van der Waals surface area contributed by atoms with Crippen molar-refractivity contribution in [3.63, 3.8) is 0 Å². The molecule has 0 spiro atoms. The maximum absolute atomic E-state index is 11.6. The van der Waals surface area contributed by atoms with E-state index in [2.05, 4.69) is 9.69 Å². The standard InChI is InChI=1S/C9H12N2O3S/c1-3-7(9(13)14)10-8(12)6-4-15-11-5(6)2/h4,7H,3H2,1-2H3,(H,10,12)(H,13,14)/t7-/m0/s1. The van der Waals surface area contributed by atoms with E-state index in [9.17, 15) is 9.59 Å². The van der Waals surface area contributed by atoms with Crippen molar-refractivity contribution in [2.75, 3.05) is 0 Å². The summed E-state index contributed by atoms with van der Waals surface area (Å²) in [4.78, 5) is 22.3. The fourth-order valence-electron chi connectivity index (χ4n) is 1.08. The summed E-state index contributed by atoms with van der Waals surface area (Å²) in [7, 11) is 0. The van der Waals surface area contributed by atoms with Gasteiger partial charge in [-0.25, -0.2) is 4.79 Å². The third kappa shape index (κ3) is 2.76. The second-order valence-corrected chi connectivity index (χ2v) is 3.72. The SMILES string of the molecule is CC[C@H](NC(=O)c1csnc1C)C(=O)O. The van der Waals surface area contributed by atoms with Crippen LogP contribution in [0.1, 0.15) is 29.4 Å². The van der Waals surface area contributed by atoms with Gasteiger partial charge in [0, 0.05) is 5.38 Å². The first-order chi connectivity index (χ1) is 7.06. The van der Waals surface area contributed by atoms with Crippen LogP contribution < -0.4 is 5.32 Å². The second kappa shape index (κ2) is 4.88. The van der Waals surface area contributed by atoms with Gasteiger partial charge in [0.1, 0.15) is 6.04 Å². The second-order valence-electron chi connectivity index (χ2n) is 3.09. The number of carbonyl (C=O) groups excluding carboxylic acids is 1. The molecule has 0 aliphatic carbocycles. The van der Waals surface area contributed by atoms with E-state index in [4.69, 9.17) is 5.11 Å². The molecule has 0 aliphatic rings. The predicted octanol–water partition coefficient (Wildman–Crippen LogP) is 1.04. The maximum atomic E-state index is 11.6. The highest BCUT2D eigenvalue weighted by molar-refractivity contribution is 7.03. The van der Waals surface area contributed by atoms with Gasteiger partial charge in [-0.2, -0.15) is 4.37 Å². The highest BCUT2D eigenvalue weighted by atomic mass is 32.1. The van der Waals surface area contributed by atoms with E-state index in [0.717, 1.165) is 0 Å². The first kappa shape index (κ1) is 11.6. The number of hydrogen-bond donors (Lipinski definition) is 2. The van der Waals surface area contributed by atoms with Gasteiger partial charge in [-0.05, 0) is 24.9 Å². The van der Waals surface area contributed by atoms with Crippen LogP contribution in [0.3, 0.4) is 0 Å². The molecule has 1 aromatic heterocycles. The molecule has 0 unspecified atom stereocenters. The number of carboxylic acid groups (broad SMARTS) is 1. The minimum atomic E-state index is -1.02. The molecule has 0 saturated heterocycles. The predicted molar refractivity (Wildman–Crippen MR) is 56.0 cm³/mol. The van der Waals surface area contributed by atoms with Crippen LogP contribution in [0.5, 0.6) is 0 Å². The third-order valence-electron chi connectivity index (χ3n) is 2.01. The number of aliphatic carboxylic acids is 1. The molecule has 0 radical (unpaired) electrons. The minimum absolute atomic E-state index is 0.359. The highest BCUT2D eigenvalue weighted by Crippen LogP contribution is 2.09. The summed E-state index contributed by atoms with van der Waals surface area (Å²) in [6.45, 7) is 3.42.